The number of hydrogen-bond donors (Lipinski definition) is 4. The minimum Gasteiger partial charge on any atom is -0.507 e. The van der Waals surface area contributed by atoms with Gasteiger partial charge in [-0.15, -0.1) is 0 Å². The Kier molecular flexibility index (Phi) is 23.6. The van der Waals surface area contributed by atoms with Crippen molar-refractivity contribution in [1.29, 1.82) is 0 Å². The number of aliphatic hydroxyl groups excluding tert-OH is 2. The third kappa shape index (κ3) is 17.0. The highest BCUT2D eigenvalue weighted by atomic mass is 16.5. The van der Waals surface area contributed by atoms with Crippen molar-refractivity contribution in [2.75, 3.05) is 6.61 Å². The molecule has 1 heterocycles. The number of fused-ring (bicyclic) bond motifs is 1. The van der Waals surface area contributed by atoms with Gasteiger partial charge >= 0.3 is 0 Å². The van der Waals surface area contributed by atoms with Gasteiger partial charge in [0, 0.05) is 17.5 Å². The molecule has 0 amide bonds. The zero-order chi connectivity index (χ0) is 42.1. The average molecular weight is 803 g/mol. The zero-order valence-corrected chi connectivity index (χ0v) is 36.7. The molecule has 3 aromatic rings. The lowest BCUT2D eigenvalue weighted by molar-refractivity contribution is 0.106. The van der Waals surface area contributed by atoms with Gasteiger partial charge in [0.15, 0.2) is 0 Å². The maximum Gasteiger partial charge on any atom is 0.204 e. The molecule has 3 rings (SSSR count). The lowest BCUT2D eigenvalue weighted by atomic mass is 9.93. The summed E-state index contributed by atoms with van der Waals surface area (Å²) in [6.45, 7) is 11.5. The molecule has 2 atom stereocenters. The number of allylic oxidation sites excluding steroid dienone is 2. The number of unbranched alkanes of at least 4 members (excludes halogenated alkanes) is 21. The second kappa shape index (κ2) is 28.0. The van der Waals surface area contributed by atoms with Gasteiger partial charge in [0.2, 0.25) is 5.43 Å². The van der Waals surface area contributed by atoms with Crippen LogP contribution >= 0.6 is 0 Å². The average Bonchev–Trinajstić information content (AvgIpc) is 3.20. The quantitative estimate of drug-likeness (QED) is 0.0366. The van der Waals surface area contributed by atoms with Crippen LogP contribution in [-0.2, 0) is 12.8 Å². The van der Waals surface area contributed by atoms with Crippen LogP contribution in [0.25, 0.3) is 22.1 Å². The number of phenols is 2. The summed E-state index contributed by atoms with van der Waals surface area (Å²) in [5, 5.41) is 43.1. The van der Waals surface area contributed by atoms with Crippen molar-refractivity contribution in [2.45, 2.75) is 200 Å². The summed E-state index contributed by atoms with van der Waals surface area (Å²) in [6, 6.07) is 7.06. The molecule has 7 heteroatoms. The predicted octanol–water partition coefficient (Wildman–Crippen LogP) is 13.6. The normalized spacial score (nSPS) is 12.5. The SMILES string of the molecule is C=C(C)[C@H](O)Cc1c(O)c(CC=C(C)C)c(O)c2c(=O)c(-c3ccc(O[C@H](CO)CCCCCCCCCCCCCCCCCCCCCCCC)cc3)coc12. The smallest absolute Gasteiger partial charge is 0.204 e. The first-order valence-corrected chi connectivity index (χ1v) is 22.9. The molecule has 2 aromatic carbocycles. The van der Waals surface area contributed by atoms with E-state index in [0.717, 1.165) is 24.8 Å². The maximum atomic E-state index is 13.9. The van der Waals surface area contributed by atoms with Gasteiger partial charge in [0.1, 0.15) is 40.6 Å². The van der Waals surface area contributed by atoms with Crippen molar-refractivity contribution >= 4 is 11.0 Å². The van der Waals surface area contributed by atoms with Gasteiger partial charge in [-0.1, -0.05) is 178 Å². The highest BCUT2D eigenvalue weighted by Crippen LogP contribution is 2.41. The molecule has 4 N–H and O–H groups in total. The van der Waals surface area contributed by atoms with E-state index in [-0.39, 0.29) is 64.7 Å². The molecule has 0 saturated carbocycles. The van der Waals surface area contributed by atoms with Gasteiger partial charge in [0.25, 0.3) is 0 Å². The number of phenolic OH excluding ortho intramolecular Hbond substituents is 2. The van der Waals surface area contributed by atoms with E-state index >= 15 is 0 Å². The standard InChI is InChI=1S/C51H78O7/c1-6-7-8-9-10-11-12-13-14-15-16-17-18-19-20-21-22-23-24-25-26-27-28-42(36-52)58-41-32-30-40(31-33-41)45-37-57-51-44(35-46(53)39(4)5)48(54)43(34-29-38(2)3)49(55)47(51)50(45)56/h29-33,37,42,46,52-55H,4,6-28,34-36H2,1-3,5H3/t42-,46+/m0/s1. The fourth-order valence-electron chi connectivity index (χ4n) is 7.79. The van der Waals surface area contributed by atoms with E-state index in [0.29, 0.717) is 16.9 Å². The van der Waals surface area contributed by atoms with E-state index in [4.69, 9.17) is 9.15 Å². The fraction of sp³-hybridized carbons (Fsp3) is 0.627. The van der Waals surface area contributed by atoms with Crippen LogP contribution in [0.1, 0.15) is 187 Å². The molecule has 0 aliphatic carbocycles. The zero-order valence-electron chi connectivity index (χ0n) is 36.7. The lowest BCUT2D eigenvalue weighted by Crippen LogP contribution is -2.21. The molecular formula is C51H78O7. The minimum atomic E-state index is -0.974. The lowest BCUT2D eigenvalue weighted by Gasteiger charge is -2.18. The van der Waals surface area contributed by atoms with Crippen molar-refractivity contribution in [3.63, 3.8) is 0 Å². The van der Waals surface area contributed by atoms with Gasteiger partial charge < -0.3 is 29.6 Å². The molecule has 58 heavy (non-hydrogen) atoms. The van der Waals surface area contributed by atoms with Crippen LogP contribution in [-0.4, -0.2) is 39.2 Å². The van der Waals surface area contributed by atoms with E-state index < -0.39 is 11.5 Å². The first-order chi connectivity index (χ1) is 28.1. The predicted molar refractivity (Wildman–Crippen MR) is 242 cm³/mol. The van der Waals surface area contributed by atoms with E-state index in [9.17, 15) is 25.2 Å². The van der Waals surface area contributed by atoms with Gasteiger partial charge in [-0.25, -0.2) is 0 Å². The van der Waals surface area contributed by atoms with Crippen LogP contribution in [0.15, 0.2) is 63.5 Å². The molecule has 0 aliphatic rings. The number of rotatable bonds is 32. The van der Waals surface area contributed by atoms with Crippen molar-refractivity contribution in [2.24, 2.45) is 0 Å². The summed E-state index contributed by atoms with van der Waals surface area (Å²) < 4.78 is 12.1. The Hall–Kier alpha value is -3.55. The Morgan fingerprint density at radius 3 is 1.66 bits per heavy atom. The van der Waals surface area contributed by atoms with E-state index in [1.165, 1.54) is 135 Å². The Balaban J connectivity index is 1.37. The Bertz CT molecular complexity index is 1700. The summed E-state index contributed by atoms with van der Waals surface area (Å²) >= 11 is 0. The maximum absolute atomic E-state index is 13.9. The molecule has 0 bridgehead atoms. The summed E-state index contributed by atoms with van der Waals surface area (Å²) in [4.78, 5) is 13.9. The monoisotopic (exact) mass is 803 g/mol. The molecule has 1 aromatic heterocycles. The van der Waals surface area contributed by atoms with Gasteiger partial charge in [-0.3, -0.25) is 4.79 Å². The summed E-state index contributed by atoms with van der Waals surface area (Å²) in [6.07, 6.45) is 32.7. The summed E-state index contributed by atoms with van der Waals surface area (Å²) in [7, 11) is 0. The van der Waals surface area contributed by atoms with E-state index in [2.05, 4.69) is 13.5 Å². The molecule has 324 valence electrons. The Morgan fingerprint density at radius 1 is 0.724 bits per heavy atom. The fourth-order valence-corrected chi connectivity index (χ4v) is 7.79. The van der Waals surface area contributed by atoms with Crippen LogP contribution in [0.3, 0.4) is 0 Å². The second-order valence-electron chi connectivity index (χ2n) is 17.0. The van der Waals surface area contributed by atoms with Gasteiger partial charge in [0.05, 0.1) is 18.3 Å². The van der Waals surface area contributed by atoms with Gasteiger partial charge in [-0.05, 0) is 57.7 Å². The van der Waals surface area contributed by atoms with Crippen molar-refractivity contribution in [1.82, 2.24) is 0 Å². The Morgan fingerprint density at radius 2 is 1.21 bits per heavy atom. The number of hydrogen-bond acceptors (Lipinski definition) is 7. The molecule has 7 nitrogen and oxygen atoms in total. The number of ether oxygens (including phenoxy) is 1. The van der Waals surface area contributed by atoms with E-state index in [1.54, 1.807) is 31.2 Å². The molecule has 0 radical (unpaired) electrons. The van der Waals surface area contributed by atoms with Crippen molar-refractivity contribution in [3.8, 4) is 28.4 Å². The topological polar surface area (TPSA) is 120 Å². The minimum absolute atomic E-state index is 0.0281. The molecule has 0 fully saturated rings. The van der Waals surface area contributed by atoms with E-state index in [1.807, 2.05) is 19.9 Å². The second-order valence-corrected chi connectivity index (χ2v) is 17.0. The van der Waals surface area contributed by atoms with Crippen molar-refractivity contribution < 1.29 is 29.6 Å². The highest BCUT2D eigenvalue weighted by molar-refractivity contribution is 5.92. The summed E-state index contributed by atoms with van der Waals surface area (Å²) in [5.74, 6) is 0.0503. The molecule has 0 aliphatic heterocycles. The van der Waals surface area contributed by atoms with Crippen LogP contribution in [0.5, 0.6) is 17.2 Å². The van der Waals surface area contributed by atoms with Crippen LogP contribution < -0.4 is 10.2 Å². The molecule has 0 saturated heterocycles. The third-order valence-electron chi connectivity index (χ3n) is 11.6. The van der Waals surface area contributed by atoms with Crippen molar-refractivity contribution in [3.05, 3.63) is 75.7 Å². The highest BCUT2D eigenvalue weighted by Gasteiger charge is 2.25. The first kappa shape index (κ1) is 48.8. The Labute approximate surface area is 350 Å². The first-order valence-electron chi connectivity index (χ1n) is 22.9. The van der Waals surface area contributed by atoms with Crippen LogP contribution in [0, 0.1) is 0 Å². The largest absolute Gasteiger partial charge is 0.507 e. The third-order valence-corrected chi connectivity index (χ3v) is 11.6. The number of aromatic hydroxyl groups is 2. The van der Waals surface area contributed by atoms with Crippen LogP contribution in [0.2, 0.25) is 0 Å². The number of benzene rings is 2. The molecular weight excluding hydrogens is 725 g/mol. The number of aliphatic hydroxyl groups is 2. The van der Waals surface area contributed by atoms with Crippen LogP contribution in [0.4, 0.5) is 0 Å². The molecule has 0 spiro atoms. The molecule has 0 unspecified atom stereocenters. The summed E-state index contributed by atoms with van der Waals surface area (Å²) in [5.41, 5.74) is 2.33. The van der Waals surface area contributed by atoms with Gasteiger partial charge in [-0.2, -0.15) is 0 Å².